The highest BCUT2D eigenvalue weighted by atomic mass is 15.3. The van der Waals surface area contributed by atoms with E-state index in [2.05, 4.69) is 52.1 Å². The molecule has 0 unspecified atom stereocenters. The van der Waals surface area contributed by atoms with Crippen molar-refractivity contribution >= 4 is 6.21 Å². The van der Waals surface area contributed by atoms with Crippen LogP contribution in [0.15, 0.2) is 5.10 Å². The second kappa shape index (κ2) is 3.24. The van der Waals surface area contributed by atoms with E-state index in [0.717, 1.165) is 0 Å². The van der Waals surface area contributed by atoms with E-state index in [9.17, 15) is 0 Å². The minimum atomic E-state index is 0.0712. The van der Waals surface area contributed by atoms with Gasteiger partial charge in [-0.05, 0) is 26.2 Å². The molecule has 0 aliphatic heterocycles. The van der Waals surface area contributed by atoms with E-state index in [1.165, 1.54) is 0 Å². The Hall–Kier alpha value is -0.530. The van der Waals surface area contributed by atoms with Gasteiger partial charge in [0.1, 0.15) is 0 Å². The summed E-state index contributed by atoms with van der Waals surface area (Å²) in [6.45, 7) is 12.6. The van der Waals surface area contributed by atoms with E-state index in [1.807, 2.05) is 6.21 Å². The molecule has 0 rings (SSSR count). The van der Waals surface area contributed by atoms with Crippen LogP contribution >= 0.6 is 0 Å². The molecular formula is C9H20N2. The van der Waals surface area contributed by atoms with Crippen LogP contribution in [0, 0.1) is 5.41 Å². The normalized spacial score (nSPS) is 14.0. The van der Waals surface area contributed by atoms with Crippen LogP contribution in [-0.2, 0) is 0 Å². The molecule has 1 N–H and O–H groups in total. The Morgan fingerprint density at radius 1 is 1.00 bits per heavy atom. The summed E-state index contributed by atoms with van der Waals surface area (Å²) in [4.78, 5) is 0. The van der Waals surface area contributed by atoms with Crippen molar-refractivity contribution in [2.75, 3.05) is 0 Å². The number of nitrogens with one attached hydrogen (secondary N) is 1. The molecule has 0 saturated carbocycles. The zero-order valence-corrected chi connectivity index (χ0v) is 8.52. The van der Waals surface area contributed by atoms with E-state index >= 15 is 0 Å². The summed E-state index contributed by atoms with van der Waals surface area (Å²) < 4.78 is 0. The molecule has 0 bridgehead atoms. The Balaban J connectivity index is 3.80. The second-order valence-electron chi connectivity index (χ2n) is 4.99. The van der Waals surface area contributed by atoms with Gasteiger partial charge in [0.05, 0.1) is 0 Å². The van der Waals surface area contributed by atoms with E-state index < -0.39 is 0 Å². The summed E-state index contributed by atoms with van der Waals surface area (Å²) in [7, 11) is 0. The Morgan fingerprint density at radius 2 is 1.45 bits per heavy atom. The molecule has 0 heterocycles. The van der Waals surface area contributed by atoms with Crippen molar-refractivity contribution in [3.63, 3.8) is 0 Å². The molecule has 0 aliphatic carbocycles. The van der Waals surface area contributed by atoms with Crippen molar-refractivity contribution in [2.24, 2.45) is 10.5 Å². The molecule has 0 atom stereocenters. The van der Waals surface area contributed by atoms with E-state index in [-0.39, 0.29) is 11.0 Å². The number of rotatable bonds is 1. The Kier molecular flexibility index (Phi) is 3.09. The average molecular weight is 156 g/mol. The van der Waals surface area contributed by atoms with Crippen LogP contribution < -0.4 is 5.43 Å². The van der Waals surface area contributed by atoms with Crippen LogP contribution in [0.3, 0.4) is 0 Å². The van der Waals surface area contributed by atoms with Gasteiger partial charge in [-0.2, -0.15) is 5.10 Å². The van der Waals surface area contributed by atoms with Crippen molar-refractivity contribution < 1.29 is 0 Å². The topological polar surface area (TPSA) is 24.4 Å². The predicted molar refractivity (Wildman–Crippen MR) is 50.8 cm³/mol. The maximum absolute atomic E-state index is 4.14. The standard InChI is InChI=1S/C9H20N2/c1-8(2,3)7-10-11-9(4,5)6/h7,11H,1-6H3/b10-7-. The van der Waals surface area contributed by atoms with Crippen LogP contribution in [-0.4, -0.2) is 11.8 Å². The molecule has 11 heavy (non-hydrogen) atoms. The van der Waals surface area contributed by atoms with Crippen LogP contribution in [0.5, 0.6) is 0 Å². The molecular weight excluding hydrogens is 136 g/mol. The van der Waals surface area contributed by atoms with E-state index in [4.69, 9.17) is 0 Å². The second-order valence-corrected chi connectivity index (χ2v) is 4.99. The molecule has 0 fully saturated rings. The monoisotopic (exact) mass is 156 g/mol. The zero-order valence-electron chi connectivity index (χ0n) is 8.52. The van der Waals surface area contributed by atoms with Crippen LogP contribution in [0.2, 0.25) is 0 Å². The SMILES string of the molecule is CC(C)(C)/C=N\NC(C)(C)C. The van der Waals surface area contributed by atoms with Crippen LogP contribution in [0.1, 0.15) is 41.5 Å². The lowest BCUT2D eigenvalue weighted by atomic mass is 9.99. The maximum atomic E-state index is 4.14. The smallest absolute Gasteiger partial charge is 0.0464 e. The third-order valence-electron chi connectivity index (χ3n) is 0.852. The Bertz CT molecular complexity index is 135. The minimum absolute atomic E-state index is 0.0712. The van der Waals surface area contributed by atoms with Gasteiger partial charge in [0.15, 0.2) is 0 Å². The van der Waals surface area contributed by atoms with Crippen molar-refractivity contribution in [2.45, 2.75) is 47.1 Å². The molecule has 0 spiro atoms. The molecule has 2 heteroatoms. The fraction of sp³-hybridized carbons (Fsp3) is 0.889. The summed E-state index contributed by atoms with van der Waals surface area (Å²) in [5.41, 5.74) is 3.28. The summed E-state index contributed by atoms with van der Waals surface area (Å²) in [5.74, 6) is 0. The van der Waals surface area contributed by atoms with Crippen molar-refractivity contribution in [1.82, 2.24) is 5.43 Å². The van der Waals surface area contributed by atoms with Gasteiger partial charge >= 0.3 is 0 Å². The first-order valence-corrected chi connectivity index (χ1v) is 4.02. The molecule has 0 aromatic rings. The molecule has 0 amide bonds. The highest BCUT2D eigenvalue weighted by Gasteiger charge is 2.08. The lowest BCUT2D eigenvalue weighted by Gasteiger charge is -2.19. The fourth-order valence-electron chi connectivity index (χ4n) is 0.420. The third-order valence-corrected chi connectivity index (χ3v) is 0.852. The van der Waals surface area contributed by atoms with Crippen molar-refractivity contribution in [3.8, 4) is 0 Å². The van der Waals surface area contributed by atoms with Crippen molar-refractivity contribution in [3.05, 3.63) is 0 Å². The van der Waals surface area contributed by atoms with Gasteiger partial charge in [0, 0.05) is 11.8 Å². The molecule has 0 aromatic heterocycles. The lowest BCUT2D eigenvalue weighted by molar-refractivity contribution is 0.437. The molecule has 0 saturated heterocycles. The average Bonchev–Trinajstić information content (AvgIpc) is 1.55. The van der Waals surface area contributed by atoms with E-state index in [0.29, 0.717) is 0 Å². The lowest BCUT2D eigenvalue weighted by Crippen LogP contribution is -2.32. The number of nitrogens with zero attached hydrogens (tertiary/aromatic N) is 1. The Morgan fingerprint density at radius 3 is 1.73 bits per heavy atom. The van der Waals surface area contributed by atoms with Gasteiger partial charge < -0.3 is 5.43 Å². The molecule has 0 radical (unpaired) electrons. The summed E-state index contributed by atoms with van der Waals surface area (Å²) in [5, 5.41) is 4.14. The predicted octanol–water partition coefficient (Wildman–Crippen LogP) is 2.41. The maximum Gasteiger partial charge on any atom is 0.0464 e. The summed E-state index contributed by atoms with van der Waals surface area (Å²) in [6.07, 6.45) is 1.93. The van der Waals surface area contributed by atoms with Crippen LogP contribution in [0.25, 0.3) is 0 Å². The van der Waals surface area contributed by atoms with Gasteiger partial charge in [-0.1, -0.05) is 20.8 Å². The fourth-order valence-corrected chi connectivity index (χ4v) is 0.420. The molecule has 2 nitrogen and oxygen atoms in total. The largest absolute Gasteiger partial charge is 0.305 e. The quantitative estimate of drug-likeness (QED) is 0.457. The van der Waals surface area contributed by atoms with Crippen LogP contribution in [0.4, 0.5) is 0 Å². The van der Waals surface area contributed by atoms with Gasteiger partial charge in [-0.15, -0.1) is 0 Å². The van der Waals surface area contributed by atoms with E-state index in [1.54, 1.807) is 0 Å². The highest BCUT2D eigenvalue weighted by Crippen LogP contribution is 2.08. The number of hydrazone groups is 1. The van der Waals surface area contributed by atoms with Gasteiger partial charge in [-0.3, -0.25) is 0 Å². The highest BCUT2D eigenvalue weighted by molar-refractivity contribution is 5.63. The minimum Gasteiger partial charge on any atom is -0.305 e. The third kappa shape index (κ3) is 9.47. The van der Waals surface area contributed by atoms with Gasteiger partial charge in [0.25, 0.3) is 0 Å². The first-order valence-electron chi connectivity index (χ1n) is 4.02. The summed E-state index contributed by atoms with van der Waals surface area (Å²) in [6, 6.07) is 0. The molecule has 0 aliphatic rings. The van der Waals surface area contributed by atoms with Gasteiger partial charge in [0.2, 0.25) is 0 Å². The number of hydrogen-bond acceptors (Lipinski definition) is 2. The summed E-state index contributed by atoms with van der Waals surface area (Å²) >= 11 is 0. The molecule has 66 valence electrons. The Labute approximate surface area is 70.1 Å². The van der Waals surface area contributed by atoms with Gasteiger partial charge in [-0.25, -0.2) is 0 Å². The first kappa shape index (κ1) is 10.5. The van der Waals surface area contributed by atoms with Crippen molar-refractivity contribution in [1.29, 1.82) is 0 Å². The zero-order chi connectivity index (χ0) is 9.12. The molecule has 0 aromatic carbocycles. The first-order chi connectivity index (χ1) is 4.71. The number of hydrogen-bond donors (Lipinski definition) is 1.